The second-order valence-corrected chi connectivity index (χ2v) is 3.10. The SMILES string of the molecule is CNN1CCOC(CNC(C)=O)C1. The van der Waals surface area contributed by atoms with Crippen LogP contribution in [0.2, 0.25) is 0 Å². The normalized spacial score (nSPS) is 24.3. The Kier molecular flexibility index (Phi) is 4.14. The van der Waals surface area contributed by atoms with Gasteiger partial charge in [0.15, 0.2) is 0 Å². The van der Waals surface area contributed by atoms with Gasteiger partial charge < -0.3 is 10.1 Å². The molecule has 0 aromatic rings. The first-order valence-corrected chi connectivity index (χ1v) is 4.50. The molecule has 1 atom stereocenters. The van der Waals surface area contributed by atoms with Gasteiger partial charge in [0.1, 0.15) is 0 Å². The minimum absolute atomic E-state index is 0.00909. The predicted octanol–water partition coefficient (Wildman–Crippen LogP) is -1.04. The van der Waals surface area contributed by atoms with Crippen molar-refractivity contribution in [3.63, 3.8) is 0 Å². The van der Waals surface area contributed by atoms with Crippen molar-refractivity contribution in [1.29, 1.82) is 0 Å². The summed E-state index contributed by atoms with van der Waals surface area (Å²) in [6, 6.07) is 0. The van der Waals surface area contributed by atoms with Crippen molar-refractivity contribution in [3.05, 3.63) is 0 Å². The van der Waals surface area contributed by atoms with Gasteiger partial charge in [-0.3, -0.25) is 10.2 Å². The highest BCUT2D eigenvalue weighted by Gasteiger charge is 2.18. The molecule has 76 valence electrons. The molecule has 0 aromatic carbocycles. The highest BCUT2D eigenvalue weighted by atomic mass is 16.5. The molecular weight excluding hydrogens is 170 g/mol. The molecule has 1 fully saturated rings. The molecule has 0 saturated carbocycles. The zero-order valence-electron chi connectivity index (χ0n) is 8.17. The molecule has 1 aliphatic rings. The van der Waals surface area contributed by atoms with Crippen LogP contribution in [0, 0.1) is 0 Å². The second kappa shape index (κ2) is 5.16. The average molecular weight is 187 g/mol. The van der Waals surface area contributed by atoms with Crippen LogP contribution in [-0.4, -0.2) is 50.3 Å². The van der Waals surface area contributed by atoms with Crippen molar-refractivity contribution in [2.45, 2.75) is 13.0 Å². The fraction of sp³-hybridized carbons (Fsp3) is 0.875. The molecular formula is C8H17N3O2. The number of nitrogens with zero attached hydrogens (tertiary/aromatic N) is 1. The van der Waals surface area contributed by atoms with Crippen LogP contribution in [0.15, 0.2) is 0 Å². The summed E-state index contributed by atoms with van der Waals surface area (Å²) in [6.07, 6.45) is 0.102. The van der Waals surface area contributed by atoms with Gasteiger partial charge in [-0.25, -0.2) is 5.01 Å². The van der Waals surface area contributed by atoms with E-state index in [1.165, 1.54) is 6.92 Å². The lowest BCUT2D eigenvalue weighted by molar-refractivity contribution is -0.120. The van der Waals surface area contributed by atoms with Crippen molar-refractivity contribution in [2.75, 3.05) is 33.3 Å². The molecule has 1 unspecified atom stereocenters. The Labute approximate surface area is 78.4 Å². The molecule has 1 aliphatic heterocycles. The van der Waals surface area contributed by atoms with E-state index in [2.05, 4.69) is 15.8 Å². The van der Waals surface area contributed by atoms with Gasteiger partial charge in [-0.05, 0) is 7.05 Å². The lowest BCUT2D eigenvalue weighted by Crippen LogP contribution is -2.51. The molecule has 1 amide bonds. The number of hydrogen-bond acceptors (Lipinski definition) is 4. The molecule has 5 nitrogen and oxygen atoms in total. The van der Waals surface area contributed by atoms with Crippen LogP contribution < -0.4 is 10.7 Å². The van der Waals surface area contributed by atoms with E-state index in [9.17, 15) is 4.79 Å². The molecule has 13 heavy (non-hydrogen) atoms. The first-order valence-electron chi connectivity index (χ1n) is 4.50. The van der Waals surface area contributed by atoms with E-state index in [4.69, 9.17) is 4.74 Å². The summed E-state index contributed by atoms with van der Waals surface area (Å²) < 4.78 is 5.46. The first kappa shape index (κ1) is 10.4. The predicted molar refractivity (Wildman–Crippen MR) is 49.1 cm³/mol. The van der Waals surface area contributed by atoms with Gasteiger partial charge in [-0.15, -0.1) is 0 Å². The Morgan fingerprint density at radius 3 is 3.08 bits per heavy atom. The molecule has 0 aromatic heterocycles. The Morgan fingerprint density at radius 2 is 2.46 bits per heavy atom. The van der Waals surface area contributed by atoms with Gasteiger partial charge in [0.25, 0.3) is 0 Å². The quantitative estimate of drug-likeness (QED) is 0.592. The zero-order chi connectivity index (χ0) is 9.68. The average Bonchev–Trinajstić information content (AvgIpc) is 2.15. The van der Waals surface area contributed by atoms with E-state index in [1.54, 1.807) is 0 Å². The minimum atomic E-state index is -0.00909. The largest absolute Gasteiger partial charge is 0.374 e. The van der Waals surface area contributed by atoms with Crippen LogP contribution in [0.4, 0.5) is 0 Å². The maximum Gasteiger partial charge on any atom is 0.216 e. The van der Waals surface area contributed by atoms with Gasteiger partial charge in [0.05, 0.1) is 12.7 Å². The molecule has 0 radical (unpaired) electrons. The van der Waals surface area contributed by atoms with Gasteiger partial charge >= 0.3 is 0 Å². The number of hydrogen-bond donors (Lipinski definition) is 2. The van der Waals surface area contributed by atoms with E-state index < -0.39 is 0 Å². The van der Waals surface area contributed by atoms with Crippen molar-refractivity contribution >= 4 is 5.91 Å². The van der Waals surface area contributed by atoms with Gasteiger partial charge in [-0.2, -0.15) is 0 Å². The zero-order valence-corrected chi connectivity index (χ0v) is 8.17. The van der Waals surface area contributed by atoms with Crippen molar-refractivity contribution in [1.82, 2.24) is 15.8 Å². The third-order valence-corrected chi connectivity index (χ3v) is 2.03. The van der Waals surface area contributed by atoms with Crippen molar-refractivity contribution in [3.8, 4) is 0 Å². The second-order valence-electron chi connectivity index (χ2n) is 3.10. The Balaban J connectivity index is 2.21. The Hall–Kier alpha value is -0.650. The maximum atomic E-state index is 10.6. The summed E-state index contributed by atoms with van der Waals surface area (Å²) in [6.45, 7) is 4.53. The number of nitrogens with one attached hydrogen (secondary N) is 2. The lowest BCUT2D eigenvalue weighted by Gasteiger charge is -2.32. The molecule has 0 spiro atoms. The van der Waals surface area contributed by atoms with Crippen LogP contribution in [-0.2, 0) is 9.53 Å². The fourth-order valence-electron chi connectivity index (χ4n) is 1.30. The summed E-state index contributed by atoms with van der Waals surface area (Å²) in [5.74, 6) is -0.00909. The molecule has 1 rings (SSSR count). The van der Waals surface area contributed by atoms with Crippen LogP contribution in [0.3, 0.4) is 0 Å². The van der Waals surface area contributed by atoms with Crippen LogP contribution >= 0.6 is 0 Å². The number of morpholine rings is 1. The van der Waals surface area contributed by atoms with E-state index in [-0.39, 0.29) is 12.0 Å². The van der Waals surface area contributed by atoms with Gasteiger partial charge in [0.2, 0.25) is 5.91 Å². The van der Waals surface area contributed by atoms with Crippen molar-refractivity contribution in [2.24, 2.45) is 0 Å². The molecule has 5 heteroatoms. The molecule has 0 aliphatic carbocycles. The maximum absolute atomic E-state index is 10.6. The van der Waals surface area contributed by atoms with E-state index in [0.29, 0.717) is 13.2 Å². The Morgan fingerprint density at radius 1 is 1.69 bits per heavy atom. The van der Waals surface area contributed by atoms with Crippen LogP contribution in [0.5, 0.6) is 0 Å². The summed E-state index contributed by atoms with van der Waals surface area (Å²) in [5, 5.41) is 4.82. The Bertz CT molecular complexity index is 175. The van der Waals surface area contributed by atoms with E-state index >= 15 is 0 Å². The summed E-state index contributed by atoms with van der Waals surface area (Å²) in [7, 11) is 1.89. The standard InChI is InChI=1S/C8H17N3O2/c1-7(12)10-5-8-6-11(9-2)3-4-13-8/h8-9H,3-6H2,1-2H3,(H,10,12). The number of hydrazine groups is 1. The third-order valence-electron chi connectivity index (χ3n) is 2.03. The topological polar surface area (TPSA) is 53.6 Å². The van der Waals surface area contributed by atoms with E-state index in [0.717, 1.165) is 13.1 Å². The highest BCUT2D eigenvalue weighted by molar-refractivity contribution is 5.72. The molecule has 0 bridgehead atoms. The number of amides is 1. The smallest absolute Gasteiger partial charge is 0.216 e. The van der Waals surface area contributed by atoms with Crippen LogP contribution in [0.25, 0.3) is 0 Å². The summed E-state index contributed by atoms with van der Waals surface area (Å²) >= 11 is 0. The number of ether oxygens (including phenoxy) is 1. The van der Waals surface area contributed by atoms with Crippen LogP contribution in [0.1, 0.15) is 6.92 Å². The number of carbonyl (C=O) groups excluding carboxylic acids is 1. The molecule has 2 N–H and O–H groups in total. The first-order chi connectivity index (χ1) is 6.22. The number of rotatable bonds is 3. The van der Waals surface area contributed by atoms with Gasteiger partial charge in [0, 0.05) is 26.6 Å². The summed E-state index contributed by atoms with van der Waals surface area (Å²) in [5.41, 5.74) is 3.06. The monoisotopic (exact) mass is 187 g/mol. The fourth-order valence-corrected chi connectivity index (χ4v) is 1.30. The highest BCUT2D eigenvalue weighted by Crippen LogP contribution is 2.00. The minimum Gasteiger partial charge on any atom is -0.374 e. The number of carbonyl (C=O) groups is 1. The van der Waals surface area contributed by atoms with E-state index in [1.807, 2.05) is 7.05 Å². The van der Waals surface area contributed by atoms with Gasteiger partial charge in [-0.1, -0.05) is 0 Å². The van der Waals surface area contributed by atoms with Crippen molar-refractivity contribution < 1.29 is 9.53 Å². The third kappa shape index (κ3) is 3.71. The molecule has 1 saturated heterocycles. The summed E-state index contributed by atoms with van der Waals surface area (Å²) in [4.78, 5) is 10.6. The lowest BCUT2D eigenvalue weighted by atomic mass is 10.3. The molecule has 1 heterocycles.